The number of carbonyl (C=O) groups is 3. The van der Waals surface area contributed by atoms with Crippen molar-refractivity contribution in [3.63, 3.8) is 0 Å². The second-order valence-electron chi connectivity index (χ2n) is 7.10. The molecule has 28 heavy (non-hydrogen) atoms. The monoisotopic (exact) mass is 386 g/mol. The van der Waals surface area contributed by atoms with Crippen molar-refractivity contribution in [1.82, 2.24) is 15.1 Å². The molecule has 1 heterocycles. The molecule has 0 aliphatic carbocycles. The molecule has 8 nitrogen and oxygen atoms in total. The van der Waals surface area contributed by atoms with Crippen LogP contribution in [0, 0.1) is 19.8 Å². The van der Waals surface area contributed by atoms with Crippen LogP contribution in [0.5, 0.6) is 0 Å². The molecule has 0 unspecified atom stereocenters. The van der Waals surface area contributed by atoms with Gasteiger partial charge < -0.3 is 15.7 Å². The number of anilines is 1. The molecular weight excluding hydrogens is 360 g/mol. The van der Waals surface area contributed by atoms with E-state index in [0.717, 1.165) is 23.5 Å². The first-order valence-corrected chi connectivity index (χ1v) is 9.10. The van der Waals surface area contributed by atoms with E-state index >= 15 is 0 Å². The van der Waals surface area contributed by atoms with Crippen molar-refractivity contribution < 1.29 is 19.5 Å². The van der Waals surface area contributed by atoms with Crippen LogP contribution in [0.3, 0.4) is 0 Å². The second kappa shape index (κ2) is 9.16. The molecule has 0 bridgehead atoms. The third-order valence-corrected chi connectivity index (χ3v) is 4.24. The Morgan fingerprint density at radius 1 is 1.14 bits per heavy atom. The van der Waals surface area contributed by atoms with Crippen LogP contribution in [0.25, 0.3) is 0 Å². The van der Waals surface area contributed by atoms with E-state index in [-0.39, 0.29) is 12.3 Å². The quantitative estimate of drug-likeness (QED) is 0.643. The van der Waals surface area contributed by atoms with Crippen LogP contribution in [0.2, 0.25) is 0 Å². The van der Waals surface area contributed by atoms with Crippen LogP contribution < -0.4 is 10.6 Å². The van der Waals surface area contributed by atoms with Gasteiger partial charge in [0.15, 0.2) is 0 Å². The van der Waals surface area contributed by atoms with E-state index in [1.54, 1.807) is 12.1 Å². The molecule has 2 aromatic rings. The molecule has 2 rings (SSSR count). The van der Waals surface area contributed by atoms with Crippen LogP contribution in [-0.4, -0.2) is 39.2 Å². The number of benzene rings is 1. The molecular formula is C20H26N4O4. The number of carboxylic acid groups (broad SMARTS) is 1. The summed E-state index contributed by atoms with van der Waals surface area (Å²) in [5, 5.41) is 18.2. The molecule has 1 aromatic carbocycles. The first-order valence-electron chi connectivity index (χ1n) is 9.10. The fourth-order valence-corrected chi connectivity index (χ4v) is 2.84. The number of aliphatic carboxylic acids is 1. The number of hydrogen-bond donors (Lipinski definition) is 3. The summed E-state index contributed by atoms with van der Waals surface area (Å²) >= 11 is 0. The Hall–Kier alpha value is -3.16. The number of aryl methyl sites for hydroxylation is 1. The van der Waals surface area contributed by atoms with Gasteiger partial charge in [0, 0.05) is 29.1 Å². The fraction of sp³-hybridized carbons (Fsp3) is 0.400. The molecule has 8 heteroatoms. The van der Waals surface area contributed by atoms with E-state index in [2.05, 4.69) is 29.6 Å². The molecule has 150 valence electrons. The van der Waals surface area contributed by atoms with Crippen LogP contribution in [-0.2, 0) is 22.6 Å². The SMILES string of the molecule is Cc1nn(CC(C)C)c(C)c1CC(=O)Nc1ccc(C(=O)NCC(=O)O)cc1. The number of carbonyl (C=O) groups excluding carboxylic acids is 2. The Morgan fingerprint density at radius 2 is 1.79 bits per heavy atom. The maximum absolute atomic E-state index is 12.4. The van der Waals surface area contributed by atoms with Gasteiger partial charge in [-0.3, -0.25) is 19.1 Å². The minimum absolute atomic E-state index is 0.168. The zero-order valence-corrected chi connectivity index (χ0v) is 16.6. The Labute approximate surface area is 163 Å². The highest BCUT2D eigenvalue weighted by Gasteiger charge is 2.16. The van der Waals surface area contributed by atoms with Gasteiger partial charge in [-0.25, -0.2) is 0 Å². The number of hydrogen-bond acceptors (Lipinski definition) is 4. The Balaban J connectivity index is 1.99. The van der Waals surface area contributed by atoms with Gasteiger partial charge in [0.2, 0.25) is 5.91 Å². The number of nitrogens with one attached hydrogen (secondary N) is 2. The van der Waals surface area contributed by atoms with Gasteiger partial charge in [-0.05, 0) is 44.0 Å². The highest BCUT2D eigenvalue weighted by atomic mass is 16.4. The van der Waals surface area contributed by atoms with Crippen LogP contribution >= 0.6 is 0 Å². The van der Waals surface area contributed by atoms with Gasteiger partial charge in [-0.1, -0.05) is 13.8 Å². The van der Waals surface area contributed by atoms with Crippen LogP contribution in [0.4, 0.5) is 5.69 Å². The molecule has 0 spiro atoms. The fourth-order valence-electron chi connectivity index (χ4n) is 2.84. The van der Waals surface area contributed by atoms with E-state index in [1.165, 1.54) is 12.1 Å². The average Bonchev–Trinajstić information content (AvgIpc) is 2.87. The van der Waals surface area contributed by atoms with Gasteiger partial charge in [0.25, 0.3) is 5.91 Å². The molecule has 0 atom stereocenters. The van der Waals surface area contributed by atoms with Gasteiger partial charge in [0.1, 0.15) is 6.54 Å². The Kier molecular flexibility index (Phi) is 6.92. The zero-order valence-electron chi connectivity index (χ0n) is 16.6. The van der Waals surface area contributed by atoms with Gasteiger partial charge in [-0.2, -0.15) is 5.10 Å². The lowest BCUT2D eigenvalue weighted by Crippen LogP contribution is -2.29. The first kappa shape index (κ1) is 21.1. The van der Waals surface area contributed by atoms with Gasteiger partial charge >= 0.3 is 5.97 Å². The normalized spacial score (nSPS) is 10.8. The van der Waals surface area contributed by atoms with Crippen LogP contribution in [0.15, 0.2) is 24.3 Å². The molecule has 2 amide bonds. The highest BCUT2D eigenvalue weighted by Crippen LogP contribution is 2.17. The molecule has 3 N–H and O–H groups in total. The summed E-state index contributed by atoms with van der Waals surface area (Å²) in [6.45, 7) is 8.47. The number of nitrogens with zero attached hydrogens (tertiary/aromatic N) is 2. The lowest BCUT2D eigenvalue weighted by Gasteiger charge is -2.09. The molecule has 0 saturated heterocycles. The van der Waals surface area contributed by atoms with Gasteiger partial charge in [0.05, 0.1) is 12.1 Å². The maximum Gasteiger partial charge on any atom is 0.322 e. The maximum atomic E-state index is 12.4. The number of aromatic nitrogens is 2. The minimum atomic E-state index is -1.11. The summed E-state index contributed by atoms with van der Waals surface area (Å²) in [6.07, 6.45) is 0.219. The Bertz CT molecular complexity index is 869. The predicted molar refractivity (Wildman–Crippen MR) is 105 cm³/mol. The van der Waals surface area contributed by atoms with Crippen molar-refractivity contribution in [1.29, 1.82) is 0 Å². The molecule has 1 aromatic heterocycles. The molecule has 0 saturated carbocycles. The second-order valence-corrected chi connectivity index (χ2v) is 7.10. The summed E-state index contributed by atoms with van der Waals surface area (Å²) in [5.74, 6) is -1.30. The van der Waals surface area contributed by atoms with Crippen molar-refractivity contribution in [3.05, 3.63) is 46.8 Å². The largest absolute Gasteiger partial charge is 0.480 e. The van der Waals surface area contributed by atoms with E-state index in [4.69, 9.17) is 5.11 Å². The molecule has 0 radical (unpaired) electrons. The average molecular weight is 386 g/mol. The van der Waals surface area contributed by atoms with E-state index in [9.17, 15) is 14.4 Å². The Morgan fingerprint density at radius 3 is 2.36 bits per heavy atom. The lowest BCUT2D eigenvalue weighted by molar-refractivity contribution is -0.135. The van der Waals surface area contributed by atoms with Crippen molar-refractivity contribution in [2.24, 2.45) is 5.92 Å². The van der Waals surface area contributed by atoms with Crippen molar-refractivity contribution in [2.45, 2.75) is 40.7 Å². The van der Waals surface area contributed by atoms with Crippen molar-refractivity contribution in [3.8, 4) is 0 Å². The van der Waals surface area contributed by atoms with Crippen LogP contribution in [0.1, 0.15) is 41.2 Å². The highest BCUT2D eigenvalue weighted by molar-refractivity contribution is 5.97. The van der Waals surface area contributed by atoms with E-state index < -0.39 is 18.4 Å². The number of carboxylic acids is 1. The summed E-state index contributed by atoms with van der Waals surface area (Å²) in [4.78, 5) is 34.7. The van der Waals surface area contributed by atoms with E-state index in [1.807, 2.05) is 18.5 Å². The smallest absolute Gasteiger partial charge is 0.322 e. The summed E-state index contributed by atoms with van der Waals surface area (Å²) < 4.78 is 1.94. The standard InChI is InChI=1S/C20H26N4O4/c1-12(2)11-24-14(4)17(13(3)23-24)9-18(25)22-16-7-5-15(6-8-16)20(28)21-10-19(26)27/h5-8,12H,9-11H2,1-4H3,(H,21,28)(H,22,25)(H,26,27). The van der Waals surface area contributed by atoms with Gasteiger partial charge in [-0.15, -0.1) is 0 Å². The number of rotatable bonds is 8. The summed E-state index contributed by atoms with van der Waals surface area (Å²) in [6, 6.07) is 6.28. The third-order valence-electron chi connectivity index (χ3n) is 4.24. The molecule has 0 aliphatic heterocycles. The van der Waals surface area contributed by atoms with Crippen molar-refractivity contribution in [2.75, 3.05) is 11.9 Å². The summed E-state index contributed by atoms with van der Waals surface area (Å²) in [5.41, 5.74) is 3.64. The summed E-state index contributed by atoms with van der Waals surface area (Å²) in [7, 11) is 0. The molecule has 0 fully saturated rings. The van der Waals surface area contributed by atoms with E-state index in [0.29, 0.717) is 17.2 Å². The van der Waals surface area contributed by atoms with Crippen molar-refractivity contribution >= 4 is 23.5 Å². The number of amides is 2. The third kappa shape index (κ3) is 5.67. The zero-order chi connectivity index (χ0) is 20.8. The molecule has 0 aliphatic rings. The minimum Gasteiger partial charge on any atom is -0.480 e. The predicted octanol–water partition coefficient (Wildman–Crippen LogP) is 2.15. The first-order chi connectivity index (χ1) is 13.2. The lowest BCUT2D eigenvalue weighted by atomic mass is 10.1. The topological polar surface area (TPSA) is 113 Å².